The van der Waals surface area contributed by atoms with Gasteiger partial charge in [0.05, 0.1) is 11.9 Å². The van der Waals surface area contributed by atoms with Gasteiger partial charge in [-0.15, -0.1) is 0 Å². The summed E-state index contributed by atoms with van der Waals surface area (Å²) in [5.74, 6) is -0.417. The molecular formula is C18H21ClN2O3S. The number of sulfonamides is 1. The lowest BCUT2D eigenvalue weighted by atomic mass is 10.1. The zero-order chi connectivity index (χ0) is 18.8. The maximum Gasteiger partial charge on any atom is 0.248 e. The van der Waals surface area contributed by atoms with Gasteiger partial charge in [0.15, 0.2) is 0 Å². The number of halogens is 1. The molecule has 1 amide bonds. The summed E-state index contributed by atoms with van der Waals surface area (Å²) < 4.78 is 25.6. The van der Waals surface area contributed by atoms with Crippen molar-refractivity contribution in [2.24, 2.45) is 0 Å². The minimum Gasteiger partial charge on any atom is -0.324 e. The van der Waals surface area contributed by atoms with Crippen LogP contribution in [0.5, 0.6) is 0 Å². The first-order valence-electron chi connectivity index (χ1n) is 7.73. The van der Waals surface area contributed by atoms with Gasteiger partial charge >= 0.3 is 0 Å². The highest BCUT2D eigenvalue weighted by Gasteiger charge is 2.29. The van der Waals surface area contributed by atoms with Crippen molar-refractivity contribution in [1.82, 2.24) is 0 Å². The van der Waals surface area contributed by atoms with Gasteiger partial charge in [0.2, 0.25) is 15.9 Å². The molecule has 2 aromatic carbocycles. The molecule has 5 nitrogen and oxygen atoms in total. The summed E-state index contributed by atoms with van der Waals surface area (Å²) in [5, 5.41) is 3.21. The first-order chi connectivity index (χ1) is 11.6. The number of hydrogen-bond acceptors (Lipinski definition) is 3. The predicted molar refractivity (Wildman–Crippen MR) is 103 cm³/mol. The van der Waals surface area contributed by atoms with E-state index in [-0.39, 0.29) is 0 Å². The van der Waals surface area contributed by atoms with Crippen LogP contribution in [-0.2, 0) is 14.8 Å². The van der Waals surface area contributed by atoms with Gasteiger partial charge in [-0.1, -0.05) is 29.8 Å². The summed E-state index contributed by atoms with van der Waals surface area (Å²) in [6, 6.07) is 11.1. The standard InChI is InChI=1S/C18H21ClN2O3S/c1-12-7-5-10-17(13(12)2)20-18(22)14(3)21(25(4,23)24)16-9-6-8-15(19)11-16/h5-11,14H,1-4H3,(H,20,22)/t14-/m0/s1. The Bertz CT molecular complexity index is 897. The molecule has 0 aromatic heterocycles. The predicted octanol–water partition coefficient (Wildman–Crippen LogP) is 3.75. The van der Waals surface area contributed by atoms with Crippen LogP contribution in [0.3, 0.4) is 0 Å². The molecule has 0 saturated carbocycles. The van der Waals surface area contributed by atoms with Crippen LogP contribution < -0.4 is 9.62 Å². The molecule has 0 bridgehead atoms. The Kier molecular flexibility index (Phi) is 5.75. The Morgan fingerprint density at radius 2 is 1.80 bits per heavy atom. The zero-order valence-corrected chi connectivity index (χ0v) is 16.1. The first kappa shape index (κ1) is 19.3. The van der Waals surface area contributed by atoms with E-state index in [0.29, 0.717) is 16.4 Å². The van der Waals surface area contributed by atoms with Gasteiger partial charge in [-0.2, -0.15) is 0 Å². The minimum absolute atomic E-state index is 0.346. The molecule has 2 rings (SSSR count). The highest BCUT2D eigenvalue weighted by Crippen LogP contribution is 2.25. The number of benzene rings is 2. The number of hydrogen-bond donors (Lipinski definition) is 1. The summed E-state index contributed by atoms with van der Waals surface area (Å²) in [5.41, 5.74) is 2.99. The largest absolute Gasteiger partial charge is 0.324 e. The van der Waals surface area contributed by atoms with E-state index in [0.717, 1.165) is 21.7 Å². The van der Waals surface area contributed by atoms with Gasteiger partial charge in [0.25, 0.3) is 0 Å². The second-order valence-electron chi connectivity index (χ2n) is 5.95. The molecule has 25 heavy (non-hydrogen) atoms. The molecule has 1 N–H and O–H groups in total. The van der Waals surface area contributed by atoms with Crippen molar-refractivity contribution in [3.63, 3.8) is 0 Å². The smallest absolute Gasteiger partial charge is 0.248 e. The summed E-state index contributed by atoms with van der Waals surface area (Å²) >= 11 is 5.97. The van der Waals surface area contributed by atoms with E-state index in [4.69, 9.17) is 11.6 Å². The molecule has 0 aliphatic rings. The number of aryl methyl sites for hydroxylation is 1. The highest BCUT2D eigenvalue weighted by atomic mass is 35.5. The number of nitrogens with one attached hydrogen (secondary N) is 1. The van der Waals surface area contributed by atoms with Crippen LogP contribution in [0.1, 0.15) is 18.1 Å². The van der Waals surface area contributed by atoms with Gasteiger partial charge < -0.3 is 5.32 Å². The van der Waals surface area contributed by atoms with Crippen molar-refractivity contribution in [2.75, 3.05) is 15.9 Å². The van der Waals surface area contributed by atoms with Crippen molar-refractivity contribution >= 4 is 38.9 Å². The van der Waals surface area contributed by atoms with E-state index in [1.165, 1.54) is 6.07 Å². The van der Waals surface area contributed by atoms with Crippen LogP contribution in [0.15, 0.2) is 42.5 Å². The lowest BCUT2D eigenvalue weighted by Gasteiger charge is -2.28. The molecule has 0 unspecified atom stereocenters. The Labute approximate surface area is 153 Å². The normalized spacial score (nSPS) is 12.5. The maximum absolute atomic E-state index is 12.7. The molecule has 0 fully saturated rings. The lowest BCUT2D eigenvalue weighted by Crippen LogP contribution is -2.45. The number of amides is 1. The second kappa shape index (κ2) is 7.45. The lowest BCUT2D eigenvalue weighted by molar-refractivity contribution is -0.116. The topological polar surface area (TPSA) is 66.5 Å². The van der Waals surface area contributed by atoms with E-state index in [2.05, 4.69) is 5.32 Å². The zero-order valence-electron chi connectivity index (χ0n) is 14.6. The van der Waals surface area contributed by atoms with Crippen LogP contribution in [0.25, 0.3) is 0 Å². The van der Waals surface area contributed by atoms with Crippen molar-refractivity contribution in [3.05, 3.63) is 58.6 Å². The van der Waals surface area contributed by atoms with Crippen molar-refractivity contribution in [1.29, 1.82) is 0 Å². The summed E-state index contributed by atoms with van der Waals surface area (Å²) in [4.78, 5) is 12.7. The Morgan fingerprint density at radius 3 is 2.40 bits per heavy atom. The van der Waals surface area contributed by atoms with E-state index in [9.17, 15) is 13.2 Å². The van der Waals surface area contributed by atoms with Crippen LogP contribution in [0, 0.1) is 13.8 Å². The Hall–Kier alpha value is -2.05. The molecule has 7 heteroatoms. The number of carbonyl (C=O) groups excluding carboxylic acids is 1. The SMILES string of the molecule is Cc1cccc(NC(=O)[C@H](C)N(c2cccc(Cl)c2)S(C)(=O)=O)c1C. The van der Waals surface area contributed by atoms with Crippen LogP contribution in [0.2, 0.25) is 5.02 Å². The summed E-state index contributed by atoms with van der Waals surface area (Å²) in [6.07, 6.45) is 1.07. The minimum atomic E-state index is -3.68. The molecule has 0 aliphatic carbocycles. The summed E-state index contributed by atoms with van der Waals surface area (Å²) in [7, 11) is -3.68. The third-order valence-electron chi connectivity index (χ3n) is 4.01. The van der Waals surface area contributed by atoms with Crippen LogP contribution >= 0.6 is 11.6 Å². The Balaban J connectivity index is 2.35. The van der Waals surface area contributed by atoms with Crippen molar-refractivity contribution in [3.8, 4) is 0 Å². The number of carbonyl (C=O) groups is 1. The fraction of sp³-hybridized carbons (Fsp3) is 0.278. The fourth-order valence-corrected chi connectivity index (χ4v) is 3.90. The third kappa shape index (κ3) is 4.52. The highest BCUT2D eigenvalue weighted by molar-refractivity contribution is 7.92. The molecule has 0 radical (unpaired) electrons. The quantitative estimate of drug-likeness (QED) is 0.858. The van der Waals surface area contributed by atoms with E-state index >= 15 is 0 Å². The van der Waals surface area contributed by atoms with Gasteiger partial charge in [-0.3, -0.25) is 9.10 Å². The fourth-order valence-electron chi connectivity index (χ4n) is 2.55. The second-order valence-corrected chi connectivity index (χ2v) is 8.25. The van der Waals surface area contributed by atoms with E-state index in [1.54, 1.807) is 31.2 Å². The van der Waals surface area contributed by atoms with Gasteiger partial charge in [-0.05, 0) is 56.2 Å². The van der Waals surface area contributed by atoms with E-state index in [1.807, 2.05) is 26.0 Å². The van der Waals surface area contributed by atoms with Gasteiger partial charge in [0.1, 0.15) is 6.04 Å². The maximum atomic E-state index is 12.7. The molecule has 0 saturated heterocycles. The molecular weight excluding hydrogens is 360 g/mol. The van der Waals surface area contributed by atoms with Crippen LogP contribution in [-0.4, -0.2) is 26.6 Å². The number of nitrogens with zero attached hydrogens (tertiary/aromatic N) is 1. The molecule has 0 aliphatic heterocycles. The Morgan fingerprint density at radius 1 is 1.16 bits per heavy atom. The molecule has 2 aromatic rings. The molecule has 0 spiro atoms. The molecule has 1 atom stereocenters. The van der Waals surface area contributed by atoms with Crippen molar-refractivity contribution < 1.29 is 13.2 Å². The third-order valence-corrected chi connectivity index (χ3v) is 5.49. The first-order valence-corrected chi connectivity index (χ1v) is 9.96. The average molecular weight is 381 g/mol. The van der Waals surface area contributed by atoms with Gasteiger partial charge in [-0.25, -0.2) is 8.42 Å². The van der Waals surface area contributed by atoms with Crippen molar-refractivity contribution in [2.45, 2.75) is 26.8 Å². The number of anilines is 2. The van der Waals surface area contributed by atoms with Crippen LogP contribution in [0.4, 0.5) is 11.4 Å². The monoisotopic (exact) mass is 380 g/mol. The average Bonchev–Trinajstić information content (AvgIpc) is 2.50. The summed E-state index contributed by atoms with van der Waals surface area (Å²) in [6.45, 7) is 5.40. The molecule has 134 valence electrons. The molecule has 0 heterocycles. The van der Waals surface area contributed by atoms with E-state index < -0.39 is 22.0 Å². The number of rotatable bonds is 5. The van der Waals surface area contributed by atoms with Gasteiger partial charge in [0, 0.05) is 10.7 Å².